The summed E-state index contributed by atoms with van der Waals surface area (Å²) in [5.74, 6) is 0. The SMILES string of the molecule is C=Cc1ccccc1CO[Si](CCC)COCC. The molecule has 1 aromatic rings. The molecule has 0 spiro atoms. The molecule has 0 aliphatic heterocycles. The lowest BCUT2D eigenvalue weighted by Crippen LogP contribution is -2.25. The first kappa shape index (κ1) is 15.2. The maximum absolute atomic E-state index is 6.04. The lowest BCUT2D eigenvalue weighted by Gasteiger charge is -2.15. The van der Waals surface area contributed by atoms with Gasteiger partial charge in [0.2, 0.25) is 9.04 Å². The Labute approximate surface area is 112 Å². The first-order valence-corrected chi connectivity index (χ1v) is 8.39. The second-order valence-electron chi connectivity index (χ2n) is 4.12. The van der Waals surface area contributed by atoms with Crippen molar-refractivity contribution in [1.29, 1.82) is 0 Å². The van der Waals surface area contributed by atoms with Crippen LogP contribution >= 0.6 is 0 Å². The van der Waals surface area contributed by atoms with Gasteiger partial charge in [0, 0.05) is 6.61 Å². The maximum Gasteiger partial charge on any atom is 0.238 e. The minimum absolute atomic E-state index is 0.670. The summed E-state index contributed by atoms with van der Waals surface area (Å²) in [6.07, 6.45) is 3.82. The van der Waals surface area contributed by atoms with Crippen LogP contribution in [0.15, 0.2) is 30.8 Å². The van der Waals surface area contributed by atoms with Crippen molar-refractivity contribution in [2.75, 3.05) is 12.8 Å². The van der Waals surface area contributed by atoms with Crippen LogP contribution in [0.1, 0.15) is 31.4 Å². The van der Waals surface area contributed by atoms with Gasteiger partial charge in [0.1, 0.15) is 0 Å². The Hall–Kier alpha value is -0.903. The van der Waals surface area contributed by atoms with Crippen molar-refractivity contribution in [2.24, 2.45) is 0 Å². The van der Waals surface area contributed by atoms with Crippen molar-refractivity contribution in [3.63, 3.8) is 0 Å². The van der Waals surface area contributed by atoms with Crippen LogP contribution in [-0.2, 0) is 15.8 Å². The fourth-order valence-electron chi connectivity index (χ4n) is 1.73. The molecule has 0 amide bonds. The van der Waals surface area contributed by atoms with Gasteiger partial charge >= 0.3 is 0 Å². The van der Waals surface area contributed by atoms with Crippen LogP contribution in [0.25, 0.3) is 6.08 Å². The van der Waals surface area contributed by atoms with E-state index < -0.39 is 9.04 Å². The van der Waals surface area contributed by atoms with E-state index in [1.807, 2.05) is 25.1 Å². The minimum Gasteiger partial charge on any atom is -0.410 e. The van der Waals surface area contributed by atoms with E-state index >= 15 is 0 Å². The van der Waals surface area contributed by atoms with E-state index in [-0.39, 0.29) is 0 Å². The number of benzene rings is 1. The molecule has 2 nitrogen and oxygen atoms in total. The number of hydrogen-bond acceptors (Lipinski definition) is 2. The summed E-state index contributed by atoms with van der Waals surface area (Å²) in [6.45, 7) is 9.49. The third-order valence-electron chi connectivity index (χ3n) is 2.70. The van der Waals surface area contributed by atoms with Crippen LogP contribution in [0.4, 0.5) is 0 Å². The molecule has 99 valence electrons. The van der Waals surface area contributed by atoms with Crippen molar-refractivity contribution in [2.45, 2.75) is 32.9 Å². The number of hydrogen-bond donors (Lipinski definition) is 0. The predicted molar refractivity (Wildman–Crippen MR) is 78.7 cm³/mol. The summed E-state index contributed by atoms with van der Waals surface area (Å²) in [7, 11) is -0.837. The van der Waals surface area contributed by atoms with Gasteiger partial charge in [-0.1, -0.05) is 50.3 Å². The summed E-state index contributed by atoms with van der Waals surface area (Å²) in [5, 5.41) is 0. The highest BCUT2D eigenvalue weighted by atomic mass is 28.3. The van der Waals surface area contributed by atoms with Gasteiger partial charge in [-0.3, -0.25) is 0 Å². The predicted octanol–water partition coefficient (Wildman–Crippen LogP) is 3.82. The van der Waals surface area contributed by atoms with Gasteiger partial charge in [-0.2, -0.15) is 0 Å². The molecule has 3 heteroatoms. The molecule has 1 rings (SSSR count). The Kier molecular flexibility index (Phi) is 7.65. The molecule has 0 saturated carbocycles. The zero-order chi connectivity index (χ0) is 13.2. The fraction of sp³-hybridized carbons (Fsp3) is 0.467. The molecule has 0 heterocycles. The Morgan fingerprint density at radius 1 is 1.28 bits per heavy atom. The van der Waals surface area contributed by atoms with E-state index in [9.17, 15) is 0 Å². The summed E-state index contributed by atoms with van der Waals surface area (Å²) in [5.41, 5.74) is 2.37. The summed E-state index contributed by atoms with van der Waals surface area (Å²) in [4.78, 5) is 0. The van der Waals surface area contributed by atoms with Gasteiger partial charge in [-0.25, -0.2) is 0 Å². The van der Waals surface area contributed by atoms with E-state index in [1.54, 1.807) is 0 Å². The molecule has 0 unspecified atom stereocenters. The van der Waals surface area contributed by atoms with Crippen molar-refractivity contribution >= 4 is 15.1 Å². The molecule has 1 aromatic carbocycles. The summed E-state index contributed by atoms with van der Waals surface area (Å²) >= 11 is 0. The van der Waals surface area contributed by atoms with Gasteiger partial charge in [0.15, 0.2) is 0 Å². The van der Waals surface area contributed by atoms with E-state index in [2.05, 4.69) is 25.6 Å². The molecule has 0 aliphatic carbocycles. The van der Waals surface area contributed by atoms with E-state index in [1.165, 1.54) is 5.56 Å². The highest BCUT2D eigenvalue weighted by Gasteiger charge is 2.13. The van der Waals surface area contributed by atoms with Crippen LogP contribution in [-0.4, -0.2) is 21.9 Å². The highest BCUT2D eigenvalue weighted by molar-refractivity contribution is 6.51. The van der Waals surface area contributed by atoms with Crippen LogP contribution in [0.5, 0.6) is 0 Å². The van der Waals surface area contributed by atoms with E-state index in [0.29, 0.717) is 6.61 Å². The summed E-state index contributed by atoms with van der Waals surface area (Å²) < 4.78 is 11.5. The van der Waals surface area contributed by atoms with Crippen LogP contribution < -0.4 is 0 Å². The standard InChI is InChI=1S/C15H23O2Si/c1-4-11-18(13-16-6-3)17-12-15-10-8-7-9-14(15)5-2/h5,7-10H,2,4,6,11-13H2,1,3H3. The van der Waals surface area contributed by atoms with Crippen molar-refractivity contribution in [1.82, 2.24) is 0 Å². The number of rotatable bonds is 9. The third kappa shape index (κ3) is 5.17. The number of ether oxygens (including phenoxy) is 1. The molecule has 0 aromatic heterocycles. The molecule has 0 aliphatic rings. The highest BCUT2D eigenvalue weighted by Crippen LogP contribution is 2.13. The van der Waals surface area contributed by atoms with Crippen molar-refractivity contribution in [3.8, 4) is 0 Å². The van der Waals surface area contributed by atoms with Gasteiger partial charge in [0.25, 0.3) is 0 Å². The zero-order valence-corrected chi connectivity index (χ0v) is 12.4. The molecule has 0 fully saturated rings. The molecular weight excluding hydrogens is 240 g/mol. The quantitative estimate of drug-likeness (QED) is 0.631. The molecule has 18 heavy (non-hydrogen) atoms. The van der Waals surface area contributed by atoms with Crippen molar-refractivity contribution in [3.05, 3.63) is 42.0 Å². The van der Waals surface area contributed by atoms with Gasteiger partial charge < -0.3 is 9.16 Å². The lowest BCUT2D eigenvalue weighted by molar-refractivity contribution is 0.169. The Morgan fingerprint density at radius 2 is 2.06 bits per heavy atom. The van der Waals surface area contributed by atoms with Crippen LogP contribution in [0, 0.1) is 0 Å². The van der Waals surface area contributed by atoms with E-state index in [4.69, 9.17) is 9.16 Å². The molecule has 1 radical (unpaired) electrons. The molecule has 0 saturated heterocycles. The molecular formula is C15H23O2Si. The van der Waals surface area contributed by atoms with Gasteiger partial charge in [-0.15, -0.1) is 0 Å². The van der Waals surface area contributed by atoms with Crippen LogP contribution in [0.3, 0.4) is 0 Å². The average molecular weight is 263 g/mol. The zero-order valence-electron chi connectivity index (χ0n) is 11.4. The average Bonchev–Trinajstić information content (AvgIpc) is 2.42. The normalized spacial score (nSPS) is 10.8. The van der Waals surface area contributed by atoms with Gasteiger partial charge in [0.05, 0.1) is 12.8 Å². The Bertz CT molecular complexity index is 352. The topological polar surface area (TPSA) is 18.5 Å². The second-order valence-corrected chi connectivity index (χ2v) is 6.27. The lowest BCUT2D eigenvalue weighted by atomic mass is 10.1. The smallest absolute Gasteiger partial charge is 0.238 e. The Balaban J connectivity index is 2.52. The fourth-order valence-corrected chi connectivity index (χ4v) is 3.45. The monoisotopic (exact) mass is 263 g/mol. The van der Waals surface area contributed by atoms with Crippen molar-refractivity contribution < 1.29 is 9.16 Å². The summed E-state index contributed by atoms with van der Waals surface area (Å²) in [6, 6.07) is 9.38. The Morgan fingerprint density at radius 3 is 2.72 bits per heavy atom. The first-order chi connectivity index (χ1) is 8.81. The first-order valence-electron chi connectivity index (χ1n) is 6.57. The van der Waals surface area contributed by atoms with Gasteiger partial charge in [-0.05, 0) is 24.1 Å². The second kappa shape index (κ2) is 9.08. The molecule has 0 atom stereocenters. The molecule has 0 bridgehead atoms. The van der Waals surface area contributed by atoms with Crippen LogP contribution in [0.2, 0.25) is 6.04 Å². The largest absolute Gasteiger partial charge is 0.410 e. The maximum atomic E-state index is 6.04. The third-order valence-corrected chi connectivity index (χ3v) is 4.84. The van der Waals surface area contributed by atoms with E-state index in [0.717, 1.165) is 30.9 Å². The molecule has 0 N–H and O–H groups in total. The minimum atomic E-state index is -0.837.